The Balaban J connectivity index is 2.50. The van der Waals surface area contributed by atoms with Crippen LogP contribution in [0.25, 0.3) is 0 Å². The molecule has 0 aromatic rings. The van der Waals surface area contributed by atoms with E-state index in [4.69, 9.17) is 10.4 Å². The Morgan fingerprint density at radius 1 is 1.75 bits per heavy atom. The van der Waals surface area contributed by atoms with Crippen LogP contribution >= 0.6 is 0 Å². The van der Waals surface area contributed by atoms with Gasteiger partial charge in [0.25, 0.3) is 0 Å². The SMILES string of the molecule is N#CCC(=O)N1CCC[C@H]1CO. The van der Waals surface area contributed by atoms with Crippen LogP contribution in [0.3, 0.4) is 0 Å². The number of carbonyl (C=O) groups excluding carboxylic acids is 1. The highest BCUT2D eigenvalue weighted by Gasteiger charge is 2.27. The Labute approximate surface area is 71.4 Å². The highest BCUT2D eigenvalue weighted by atomic mass is 16.3. The summed E-state index contributed by atoms with van der Waals surface area (Å²) in [6, 6.07) is 1.77. The molecule has 0 unspecified atom stereocenters. The van der Waals surface area contributed by atoms with Gasteiger partial charge in [-0.15, -0.1) is 0 Å². The van der Waals surface area contributed by atoms with Crippen LogP contribution in [0.4, 0.5) is 0 Å². The molecular formula is C8H12N2O2. The third-order valence-corrected chi connectivity index (χ3v) is 2.14. The summed E-state index contributed by atoms with van der Waals surface area (Å²) in [6.45, 7) is 0.697. The molecule has 1 heterocycles. The minimum absolute atomic E-state index is 0.0111. The summed E-state index contributed by atoms with van der Waals surface area (Å²) in [6.07, 6.45) is 1.71. The second-order valence-corrected chi connectivity index (χ2v) is 2.90. The molecule has 66 valence electrons. The number of aliphatic hydroxyl groups is 1. The van der Waals surface area contributed by atoms with Crippen molar-refractivity contribution < 1.29 is 9.90 Å². The summed E-state index contributed by atoms with van der Waals surface area (Å²) in [5.41, 5.74) is 0. The molecule has 1 aliphatic rings. The first-order chi connectivity index (χ1) is 5.79. The lowest BCUT2D eigenvalue weighted by Crippen LogP contribution is -2.37. The van der Waals surface area contributed by atoms with E-state index in [-0.39, 0.29) is 25.0 Å². The van der Waals surface area contributed by atoms with Crippen molar-refractivity contribution in [2.45, 2.75) is 25.3 Å². The van der Waals surface area contributed by atoms with E-state index in [1.54, 1.807) is 4.90 Å². The smallest absolute Gasteiger partial charge is 0.237 e. The molecule has 12 heavy (non-hydrogen) atoms. The maximum atomic E-state index is 11.2. The monoisotopic (exact) mass is 168 g/mol. The van der Waals surface area contributed by atoms with Gasteiger partial charge >= 0.3 is 0 Å². The number of hydrogen-bond acceptors (Lipinski definition) is 3. The van der Waals surface area contributed by atoms with E-state index in [2.05, 4.69) is 0 Å². The predicted octanol–water partition coefficient (Wildman–Crippen LogP) is -0.117. The van der Waals surface area contributed by atoms with Crippen molar-refractivity contribution in [3.63, 3.8) is 0 Å². The van der Waals surface area contributed by atoms with Gasteiger partial charge in [0, 0.05) is 6.54 Å². The van der Waals surface area contributed by atoms with Gasteiger partial charge in [0.05, 0.1) is 18.7 Å². The molecule has 0 saturated carbocycles. The molecule has 0 bridgehead atoms. The first-order valence-electron chi connectivity index (χ1n) is 4.07. The van der Waals surface area contributed by atoms with Crippen LogP contribution in [0.1, 0.15) is 19.3 Å². The molecule has 1 aliphatic heterocycles. The Morgan fingerprint density at radius 3 is 3.08 bits per heavy atom. The van der Waals surface area contributed by atoms with E-state index in [1.807, 2.05) is 6.07 Å². The fraction of sp³-hybridized carbons (Fsp3) is 0.750. The van der Waals surface area contributed by atoms with Crippen LogP contribution in [0.15, 0.2) is 0 Å². The molecular weight excluding hydrogens is 156 g/mol. The van der Waals surface area contributed by atoms with Crippen molar-refractivity contribution >= 4 is 5.91 Å². The molecule has 0 radical (unpaired) electrons. The lowest BCUT2D eigenvalue weighted by molar-refractivity contribution is -0.131. The third-order valence-electron chi connectivity index (χ3n) is 2.14. The lowest BCUT2D eigenvalue weighted by atomic mass is 10.2. The van der Waals surface area contributed by atoms with Gasteiger partial charge in [-0.1, -0.05) is 0 Å². The zero-order valence-electron chi connectivity index (χ0n) is 6.86. The second-order valence-electron chi connectivity index (χ2n) is 2.90. The third kappa shape index (κ3) is 1.74. The number of hydrogen-bond donors (Lipinski definition) is 1. The summed E-state index contributed by atoms with van der Waals surface area (Å²) < 4.78 is 0. The van der Waals surface area contributed by atoms with Crippen LogP contribution in [-0.4, -0.2) is 35.1 Å². The van der Waals surface area contributed by atoms with Gasteiger partial charge in [-0.3, -0.25) is 4.79 Å². The molecule has 1 saturated heterocycles. The number of nitriles is 1. The van der Waals surface area contributed by atoms with Crippen LogP contribution in [-0.2, 0) is 4.79 Å². The Kier molecular flexibility index (Phi) is 3.06. The molecule has 0 aromatic carbocycles. The summed E-state index contributed by atoms with van der Waals surface area (Å²) in [4.78, 5) is 12.8. The summed E-state index contributed by atoms with van der Waals surface area (Å²) in [5.74, 6) is -0.158. The van der Waals surface area contributed by atoms with Gasteiger partial charge in [-0.05, 0) is 12.8 Å². The number of aliphatic hydroxyl groups excluding tert-OH is 1. The number of carbonyl (C=O) groups is 1. The van der Waals surface area contributed by atoms with E-state index >= 15 is 0 Å². The van der Waals surface area contributed by atoms with Gasteiger partial charge in [0.1, 0.15) is 6.42 Å². The fourth-order valence-electron chi connectivity index (χ4n) is 1.52. The normalized spacial score (nSPS) is 22.3. The van der Waals surface area contributed by atoms with Gasteiger partial charge in [-0.25, -0.2) is 0 Å². The quantitative estimate of drug-likeness (QED) is 0.625. The van der Waals surface area contributed by atoms with E-state index in [0.29, 0.717) is 6.54 Å². The fourth-order valence-corrected chi connectivity index (χ4v) is 1.52. The van der Waals surface area contributed by atoms with Crippen LogP contribution < -0.4 is 0 Å². The molecule has 0 spiro atoms. The van der Waals surface area contributed by atoms with Crippen molar-refractivity contribution in [1.82, 2.24) is 4.90 Å². The molecule has 1 atom stereocenters. The molecule has 1 fully saturated rings. The Morgan fingerprint density at radius 2 is 2.50 bits per heavy atom. The van der Waals surface area contributed by atoms with Crippen molar-refractivity contribution in [2.24, 2.45) is 0 Å². The maximum Gasteiger partial charge on any atom is 0.237 e. The van der Waals surface area contributed by atoms with Crippen molar-refractivity contribution in [2.75, 3.05) is 13.2 Å². The van der Waals surface area contributed by atoms with Crippen molar-refractivity contribution in [1.29, 1.82) is 5.26 Å². The zero-order chi connectivity index (χ0) is 8.97. The number of rotatable bonds is 2. The molecule has 0 aliphatic carbocycles. The lowest BCUT2D eigenvalue weighted by Gasteiger charge is -2.21. The number of nitrogens with zero attached hydrogens (tertiary/aromatic N) is 2. The highest BCUT2D eigenvalue weighted by molar-refractivity contribution is 5.78. The molecule has 0 aromatic heterocycles. The van der Waals surface area contributed by atoms with Crippen LogP contribution in [0, 0.1) is 11.3 Å². The average molecular weight is 168 g/mol. The number of amides is 1. The average Bonchev–Trinajstić information content (AvgIpc) is 2.51. The first kappa shape index (κ1) is 9.01. The van der Waals surface area contributed by atoms with Crippen LogP contribution in [0.5, 0.6) is 0 Å². The summed E-state index contributed by atoms with van der Waals surface area (Å²) in [7, 11) is 0. The topological polar surface area (TPSA) is 64.3 Å². The van der Waals surface area contributed by atoms with Crippen LogP contribution in [0.2, 0.25) is 0 Å². The van der Waals surface area contributed by atoms with E-state index in [0.717, 1.165) is 12.8 Å². The predicted molar refractivity (Wildman–Crippen MR) is 42.1 cm³/mol. The second kappa shape index (κ2) is 4.07. The zero-order valence-corrected chi connectivity index (χ0v) is 6.86. The largest absolute Gasteiger partial charge is 0.394 e. The Hall–Kier alpha value is -1.08. The molecule has 1 rings (SSSR count). The first-order valence-corrected chi connectivity index (χ1v) is 4.07. The minimum Gasteiger partial charge on any atom is -0.394 e. The maximum absolute atomic E-state index is 11.2. The summed E-state index contributed by atoms with van der Waals surface area (Å²) >= 11 is 0. The minimum atomic E-state index is -0.158. The highest BCUT2D eigenvalue weighted by Crippen LogP contribution is 2.17. The molecule has 4 heteroatoms. The van der Waals surface area contributed by atoms with Gasteiger partial charge in [-0.2, -0.15) is 5.26 Å². The number of likely N-dealkylation sites (tertiary alicyclic amines) is 1. The van der Waals surface area contributed by atoms with Gasteiger partial charge in [0.15, 0.2) is 0 Å². The van der Waals surface area contributed by atoms with Gasteiger partial charge in [0.2, 0.25) is 5.91 Å². The molecule has 1 N–H and O–H groups in total. The summed E-state index contributed by atoms with van der Waals surface area (Å²) in [5, 5.41) is 17.2. The van der Waals surface area contributed by atoms with E-state index in [1.165, 1.54) is 0 Å². The Bertz CT molecular complexity index is 210. The standard InChI is InChI=1S/C8H12N2O2/c9-4-3-8(12)10-5-1-2-7(10)6-11/h7,11H,1-3,5-6H2/t7-/m0/s1. The molecule has 1 amide bonds. The van der Waals surface area contributed by atoms with E-state index in [9.17, 15) is 4.79 Å². The van der Waals surface area contributed by atoms with Gasteiger partial charge < -0.3 is 10.0 Å². The van der Waals surface area contributed by atoms with Crippen molar-refractivity contribution in [3.05, 3.63) is 0 Å². The van der Waals surface area contributed by atoms with E-state index < -0.39 is 0 Å². The molecule has 4 nitrogen and oxygen atoms in total. The van der Waals surface area contributed by atoms with Crippen molar-refractivity contribution in [3.8, 4) is 6.07 Å².